The summed E-state index contributed by atoms with van der Waals surface area (Å²) in [7, 11) is 1.80. The summed E-state index contributed by atoms with van der Waals surface area (Å²) in [5.41, 5.74) is 8.72. The summed E-state index contributed by atoms with van der Waals surface area (Å²) in [6.45, 7) is 3.99. The average molecular weight is 349 g/mol. The van der Waals surface area contributed by atoms with E-state index >= 15 is 0 Å². The first-order valence-electron chi connectivity index (χ1n) is 7.59. The number of amides is 2. The molecule has 0 spiro atoms. The van der Waals surface area contributed by atoms with E-state index in [4.69, 9.17) is 17.3 Å². The van der Waals surface area contributed by atoms with Crippen LogP contribution in [0.1, 0.15) is 27.0 Å². The van der Waals surface area contributed by atoms with Crippen LogP contribution in [0.4, 0.5) is 0 Å². The minimum atomic E-state index is -0.511. The summed E-state index contributed by atoms with van der Waals surface area (Å²) < 4.78 is 1.65. The Morgan fingerprint density at radius 2 is 2.00 bits per heavy atom. The van der Waals surface area contributed by atoms with Crippen LogP contribution in [-0.4, -0.2) is 28.1 Å². The summed E-state index contributed by atoms with van der Waals surface area (Å²) >= 11 is 6.14. The molecule has 1 atom stereocenters. The number of hydrogen-bond acceptors (Lipinski definition) is 3. The number of nitrogens with one attached hydrogen (secondary N) is 1. The molecule has 2 rings (SSSR count). The average Bonchev–Trinajstić information content (AvgIpc) is 2.91. The van der Waals surface area contributed by atoms with Crippen molar-refractivity contribution in [2.24, 2.45) is 18.7 Å². The van der Waals surface area contributed by atoms with Crippen molar-refractivity contribution in [1.29, 1.82) is 0 Å². The molecule has 1 heterocycles. The van der Waals surface area contributed by atoms with E-state index in [1.54, 1.807) is 30.1 Å². The van der Waals surface area contributed by atoms with Crippen LogP contribution in [0, 0.1) is 19.8 Å². The minimum Gasteiger partial charge on any atom is -0.369 e. The molecular formula is C17H21ClN4O2. The van der Waals surface area contributed by atoms with Crippen molar-refractivity contribution >= 4 is 23.4 Å². The molecule has 2 aromatic rings. The van der Waals surface area contributed by atoms with E-state index in [-0.39, 0.29) is 12.5 Å². The van der Waals surface area contributed by atoms with E-state index in [9.17, 15) is 9.59 Å². The van der Waals surface area contributed by atoms with Crippen molar-refractivity contribution in [3.05, 3.63) is 51.8 Å². The van der Waals surface area contributed by atoms with Gasteiger partial charge in [-0.15, -0.1) is 0 Å². The van der Waals surface area contributed by atoms with Gasteiger partial charge < -0.3 is 11.1 Å². The zero-order valence-corrected chi connectivity index (χ0v) is 14.7. The number of rotatable bonds is 6. The molecule has 0 saturated carbocycles. The fourth-order valence-corrected chi connectivity index (χ4v) is 2.71. The van der Waals surface area contributed by atoms with Crippen LogP contribution < -0.4 is 11.1 Å². The molecule has 24 heavy (non-hydrogen) atoms. The molecule has 3 N–H and O–H groups in total. The molecule has 0 aliphatic heterocycles. The monoisotopic (exact) mass is 348 g/mol. The van der Waals surface area contributed by atoms with Crippen molar-refractivity contribution in [1.82, 2.24) is 15.1 Å². The van der Waals surface area contributed by atoms with Gasteiger partial charge in [-0.25, -0.2) is 0 Å². The Labute approximate surface area is 146 Å². The van der Waals surface area contributed by atoms with Crippen LogP contribution in [0.2, 0.25) is 5.02 Å². The number of carbonyl (C=O) groups excluding carboxylic acids is 2. The number of nitrogens with zero attached hydrogens (tertiary/aromatic N) is 2. The SMILES string of the molecule is Cc1cc(Cl)c(C(=O)NC[C@H](Cc2cnn(C)c2)C(N)=O)cc1C. The van der Waals surface area contributed by atoms with E-state index in [2.05, 4.69) is 10.4 Å². The second-order valence-electron chi connectivity index (χ2n) is 5.95. The molecule has 0 bridgehead atoms. The molecule has 0 unspecified atom stereocenters. The number of hydrogen-bond donors (Lipinski definition) is 2. The van der Waals surface area contributed by atoms with Gasteiger partial charge in [0.15, 0.2) is 0 Å². The molecule has 128 valence electrons. The zero-order chi connectivity index (χ0) is 17.9. The lowest BCUT2D eigenvalue weighted by Gasteiger charge is -2.14. The molecule has 0 aliphatic carbocycles. The lowest BCUT2D eigenvalue weighted by atomic mass is 10.0. The maximum absolute atomic E-state index is 12.3. The third-order valence-electron chi connectivity index (χ3n) is 3.98. The normalized spacial score (nSPS) is 12.0. The van der Waals surface area contributed by atoms with Crippen LogP contribution >= 0.6 is 11.6 Å². The third-order valence-corrected chi connectivity index (χ3v) is 4.29. The summed E-state index contributed by atoms with van der Waals surface area (Å²) in [5.74, 6) is -1.30. The number of carbonyl (C=O) groups is 2. The van der Waals surface area contributed by atoms with Crippen molar-refractivity contribution < 1.29 is 9.59 Å². The van der Waals surface area contributed by atoms with Crippen LogP contribution in [0.5, 0.6) is 0 Å². The van der Waals surface area contributed by atoms with Gasteiger partial charge in [-0.2, -0.15) is 5.10 Å². The quantitative estimate of drug-likeness (QED) is 0.833. The third kappa shape index (κ3) is 4.35. The number of halogens is 1. The maximum atomic E-state index is 12.3. The highest BCUT2D eigenvalue weighted by molar-refractivity contribution is 6.34. The Kier molecular flexibility index (Phi) is 5.62. The van der Waals surface area contributed by atoms with Crippen molar-refractivity contribution in [2.45, 2.75) is 20.3 Å². The fourth-order valence-electron chi connectivity index (χ4n) is 2.40. The molecule has 6 nitrogen and oxygen atoms in total. The Morgan fingerprint density at radius 1 is 1.33 bits per heavy atom. The van der Waals surface area contributed by atoms with E-state index in [0.29, 0.717) is 17.0 Å². The highest BCUT2D eigenvalue weighted by Gasteiger charge is 2.19. The lowest BCUT2D eigenvalue weighted by Crippen LogP contribution is -2.37. The van der Waals surface area contributed by atoms with Gasteiger partial charge in [0.1, 0.15) is 0 Å². The first kappa shape index (κ1) is 18.0. The fraction of sp³-hybridized carbons (Fsp3) is 0.353. The van der Waals surface area contributed by atoms with Crippen LogP contribution in [0.3, 0.4) is 0 Å². The van der Waals surface area contributed by atoms with Gasteiger partial charge in [0.25, 0.3) is 5.91 Å². The molecule has 0 saturated heterocycles. The first-order valence-corrected chi connectivity index (χ1v) is 7.97. The van der Waals surface area contributed by atoms with Crippen molar-refractivity contribution in [2.75, 3.05) is 6.54 Å². The van der Waals surface area contributed by atoms with Gasteiger partial charge in [-0.1, -0.05) is 11.6 Å². The molecule has 0 fully saturated rings. The Bertz CT molecular complexity index is 770. The van der Waals surface area contributed by atoms with Gasteiger partial charge in [0.2, 0.25) is 5.91 Å². The van der Waals surface area contributed by atoms with Crippen molar-refractivity contribution in [3.63, 3.8) is 0 Å². The predicted octanol–water partition coefficient (Wildman–Crippen LogP) is 1.76. The predicted molar refractivity (Wildman–Crippen MR) is 92.9 cm³/mol. The summed E-state index contributed by atoms with van der Waals surface area (Å²) in [6.07, 6.45) is 3.92. The Balaban J connectivity index is 2.05. The van der Waals surface area contributed by atoms with Gasteiger partial charge in [0, 0.05) is 19.8 Å². The number of benzene rings is 1. The minimum absolute atomic E-state index is 0.145. The van der Waals surface area contributed by atoms with Crippen LogP contribution in [-0.2, 0) is 18.3 Å². The molecule has 0 radical (unpaired) electrons. The summed E-state index contributed by atoms with van der Waals surface area (Å²) in [4.78, 5) is 24.0. The van der Waals surface area contributed by atoms with Gasteiger partial charge in [0.05, 0.1) is 22.7 Å². The molecule has 2 amide bonds. The van der Waals surface area contributed by atoms with E-state index in [1.807, 2.05) is 20.0 Å². The lowest BCUT2D eigenvalue weighted by molar-refractivity contribution is -0.121. The van der Waals surface area contributed by atoms with Gasteiger partial charge >= 0.3 is 0 Å². The second kappa shape index (κ2) is 7.49. The topological polar surface area (TPSA) is 90.0 Å². The first-order chi connectivity index (χ1) is 11.3. The largest absolute Gasteiger partial charge is 0.369 e. The second-order valence-corrected chi connectivity index (χ2v) is 6.36. The smallest absolute Gasteiger partial charge is 0.252 e. The van der Waals surface area contributed by atoms with E-state index in [1.165, 1.54) is 0 Å². The van der Waals surface area contributed by atoms with Gasteiger partial charge in [-0.05, 0) is 49.1 Å². The van der Waals surface area contributed by atoms with E-state index < -0.39 is 11.8 Å². The molecule has 0 aliphatic rings. The number of nitrogens with two attached hydrogens (primary N) is 1. The number of primary amides is 1. The number of aromatic nitrogens is 2. The van der Waals surface area contributed by atoms with E-state index in [0.717, 1.165) is 16.7 Å². The highest BCUT2D eigenvalue weighted by Crippen LogP contribution is 2.21. The van der Waals surface area contributed by atoms with Crippen LogP contribution in [0.25, 0.3) is 0 Å². The van der Waals surface area contributed by atoms with Gasteiger partial charge in [-0.3, -0.25) is 14.3 Å². The molecule has 7 heteroatoms. The molecule has 1 aromatic heterocycles. The van der Waals surface area contributed by atoms with Crippen molar-refractivity contribution in [3.8, 4) is 0 Å². The number of aryl methyl sites for hydroxylation is 3. The summed E-state index contributed by atoms with van der Waals surface area (Å²) in [5, 5.41) is 7.19. The Morgan fingerprint density at radius 3 is 2.58 bits per heavy atom. The molecule has 1 aromatic carbocycles. The van der Waals surface area contributed by atoms with Crippen LogP contribution in [0.15, 0.2) is 24.5 Å². The standard InChI is InChI=1S/C17H21ClN4O2/c1-10-4-14(15(18)5-11(10)2)17(24)20-8-13(16(19)23)6-12-7-21-22(3)9-12/h4-5,7,9,13H,6,8H2,1-3H3,(H2,19,23)(H,20,24)/t13-/m0/s1. The maximum Gasteiger partial charge on any atom is 0.252 e. The zero-order valence-electron chi connectivity index (χ0n) is 14.0. The Hall–Kier alpha value is -2.34. The highest BCUT2D eigenvalue weighted by atomic mass is 35.5. The summed E-state index contributed by atoms with van der Waals surface area (Å²) in [6, 6.07) is 3.50. The molecular weight excluding hydrogens is 328 g/mol.